The number of hydrogen-bond donors (Lipinski definition) is 1. The van der Waals surface area contributed by atoms with Gasteiger partial charge in [-0.05, 0) is 52.2 Å². The summed E-state index contributed by atoms with van der Waals surface area (Å²) in [5.41, 5.74) is 3.58. The second-order valence-electron chi connectivity index (χ2n) is 5.96. The fraction of sp³-hybridized carbons (Fsp3) is 0. The molecular formula is C23H17NO. The summed E-state index contributed by atoms with van der Waals surface area (Å²) in [6.45, 7) is 0. The zero-order valence-corrected chi connectivity index (χ0v) is 13.6. The lowest BCUT2D eigenvalue weighted by Gasteiger charge is -2.08. The van der Waals surface area contributed by atoms with Gasteiger partial charge in [0, 0.05) is 11.3 Å². The summed E-state index contributed by atoms with van der Waals surface area (Å²) in [4.78, 5) is 12.5. The van der Waals surface area contributed by atoms with Crippen molar-refractivity contribution in [1.29, 1.82) is 0 Å². The predicted molar refractivity (Wildman–Crippen MR) is 104 cm³/mol. The molecule has 0 radical (unpaired) electrons. The number of rotatable bonds is 3. The van der Waals surface area contributed by atoms with Crippen LogP contribution in [0.15, 0.2) is 97.1 Å². The first-order valence-corrected chi connectivity index (χ1v) is 8.25. The van der Waals surface area contributed by atoms with E-state index in [9.17, 15) is 4.79 Å². The van der Waals surface area contributed by atoms with Crippen LogP contribution >= 0.6 is 0 Å². The highest BCUT2D eigenvalue weighted by Crippen LogP contribution is 2.25. The Labute approximate surface area is 146 Å². The van der Waals surface area contributed by atoms with Crippen molar-refractivity contribution >= 4 is 22.4 Å². The summed E-state index contributed by atoms with van der Waals surface area (Å²) in [6.07, 6.45) is 0. The maximum absolute atomic E-state index is 12.5. The average molecular weight is 323 g/mol. The van der Waals surface area contributed by atoms with Gasteiger partial charge >= 0.3 is 0 Å². The van der Waals surface area contributed by atoms with Crippen LogP contribution in [0.25, 0.3) is 21.9 Å². The lowest BCUT2D eigenvalue weighted by molar-refractivity contribution is 0.102. The highest BCUT2D eigenvalue weighted by molar-refractivity contribution is 6.05. The number of amides is 1. The fourth-order valence-corrected chi connectivity index (χ4v) is 2.93. The van der Waals surface area contributed by atoms with Gasteiger partial charge in [-0.15, -0.1) is 0 Å². The molecule has 0 atom stereocenters. The van der Waals surface area contributed by atoms with Gasteiger partial charge in [-0.1, -0.05) is 66.7 Å². The predicted octanol–water partition coefficient (Wildman–Crippen LogP) is 5.76. The van der Waals surface area contributed by atoms with Crippen LogP contribution in [0, 0.1) is 0 Å². The van der Waals surface area contributed by atoms with Crippen molar-refractivity contribution in [2.24, 2.45) is 0 Å². The summed E-state index contributed by atoms with van der Waals surface area (Å²) in [5.74, 6) is -0.103. The van der Waals surface area contributed by atoms with E-state index in [0.29, 0.717) is 5.56 Å². The first kappa shape index (κ1) is 15.2. The topological polar surface area (TPSA) is 29.1 Å². The van der Waals surface area contributed by atoms with Gasteiger partial charge in [-0.3, -0.25) is 4.79 Å². The quantitative estimate of drug-likeness (QED) is 0.510. The highest BCUT2D eigenvalue weighted by Gasteiger charge is 2.08. The van der Waals surface area contributed by atoms with Crippen molar-refractivity contribution in [1.82, 2.24) is 0 Å². The summed E-state index contributed by atoms with van der Waals surface area (Å²) >= 11 is 0. The van der Waals surface area contributed by atoms with Gasteiger partial charge in [0.2, 0.25) is 0 Å². The van der Waals surface area contributed by atoms with Gasteiger partial charge in [0.15, 0.2) is 0 Å². The van der Waals surface area contributed by atoms with Crippen LogP contribution in [-0.2, 0) is 0 Å². The van der Waals surface area contributed by atoms with E-state index in [0.717, 1.165) is 16.8 Å². The molecule has 0 aromatic heterocycles. The normalized spacial score (nSPS) is 10.6. The Morgan fingerprint density at radius 3 is 2.16 bits per heavy atom. The number of nitrogens with one attached hydrogen (secondary N) is 1. The zero-order valence-electron chi connectivity index (χ0n) is 13.6. The third kappa shape index (κ3) is 3.29. The first-order chi connectivity index (χ1) is 12.3. The van der Waals surface area contributed by atoms with Crippen LogP contribution in [0.2, 0.25) is 0 Å². The van der Waals surface area contributed by atoms with Crippen molar-refractivity contribution in [2.75, 3.05) is 5.32 Å². The third-order valence-electron chi connectivity index (χ3n) is 4.24. The molecule has 0 bridgehead atoms. The number of anilines is 1. The van der Waals surface area contributed by atoms with E-state index >= 15 is 0 Å². The van der Waals surface area contributed by atoms with Crippen LogP contribution in [0.5, 0.6) is 0 Å². The summed E-state index contributed by atoms with van der Waals surface area (Å²) in [5, 5.41) is 5.33. The van der Waals surface area contributed by atoms with Gasteiger partial charge < -0.3 is 5.32 Å². The Balaban J connectivity index is 1.65. The Morgan fingerprint density at radius 2 is 1.32 bits per heavy atom. The van der Waals surface area contributed by atoms with E-state index in [4.69, 9.17) is 0 Å². The Morgan fingerprint density at radius 1 is 0.600 bits per heavy atom. The van der Waals surface area contributed by atoms with Crippen LogP contribution in [0.1, 0.15) is 10.4 Å². The molecule has 1 amide bonds. The molecule has 4 aromatic rings. The third-order valence-corrected chi connectivity index (χ3v) is 4.24. The van der Waals surface area contributed by atoms with E-state index in [-0.39, 0.29) is 5.91 Å². The Hall–Kier alpha value is -3.39. The van der Waals surface area contributed by atoms with Crippen molar-refractivity contribution in [3.8, 4) is 11.1 Å². The van der Waals surface area contributed by atoms with Gasteiger partial charge in [0.05, 0.1) is 0 Å². The summed E-state index contributed by atoms with van der Waals surface area (Å²) in [6, 6.07) is 31.9. The first-order valence-electron chi connectivity index (χ1n) is 8.25. The lowest BCUT2D eigenvalue weighted by Crippen LogP contribution is -2.11. The van der Waals surface area contributed by atoms with E-state index in [1.807, 2.05) is 66.7 Å². The van der Waals surface area contributed by atoms with E-state index < -0.39 is 0 Å². The van der Waals surface area contributed by atoms with E-state index in [1.54, 1.807) is 0 Å². The molecule has 0 aliphatic rings. The minimum Gasteiger partial charge on any atom is -0.322 e. The largest absolute Gasteiger partial charge is 0.322 e. The van der Waals surface area contributed by atoms with Gasteiger partial charge in [0.1, 0.15) is 0 Å². The SMILES string of the molecule is O=C(Nc1ccccc1)c1cccc(-c2ccc3ccccc3c2)c1. The van der Waals surface area contributed by atoms with Crippen LogP contribution < -0.4 is 5.32 Å². The van der Waals surface area contributed by atoms with Crippen LogP contribution in [-0.4, -0.2) is 5.91 Å². The summed E-state index contributed by atoms with van der Waals surface area (Å²) < 4.78 is 0. The maximum Gasteiger partial charge on any atom is 0.255 e. The second kappa shape index (κ2) is 6.62. The minimum atomic E-state index is -0.103. The van der Waals surface area contributed by atoms with Crippen molar-refractivity contribution < 1.29 is 4.79 Å². The number of carbonyl (C=O) groups excluding carboxylic acids is 1. The standard InChI is InChI=1S/C23H17NO/c25-23(24-22-11-2-1-3-12-22)21-10-6-9-19(16-21)20-14-13-17-7-4-5-8-18(17)15-20/h1-16H,(H,24,25). The molecule has 25 heavy (non-hydrogen) atoms. The molecule has 2 heteroatoms. The second-order valence-corrected chi connectivity index (χ2v) is 5.96. The molecule has 0 aliphatic heterocycles. The van der Waals surface area contributed by atoms with Gasteiger partial charge in [-0.25, -0.2) is 0 Å². The molecule has 0 saturated heterocycles. The van der Waals surface area contributed by atoms with Crippen molar-refractivity contribution in [3.63, 3.8) is 0 Å². The van der Waals surface area contributed by atoms with Crippen LogP contribution in [0.3, 0.4) is 0 Å². The molecule has 0 aliphatic carbocycles. The van der Waals surface area contributed by atoms with Crippen molar-refractivity contribution in [2.45, 2.75) is 0 Å². The number of hydrogen-bond acceptors (Lipinski definition) is 1. The monoisotopic (exact) mass is 323 g/mol. The van der Waals surface area contributed by atoms with Gasteiger partial charge in [0.25, 0.3) is 5.91 Å². The molecule has 0 unspecified atom stereocenters. The van der Waals surface area contributed by atoms with E-state index in [1.165, 1.54) is 10.8 Å². The number of para-hydroxylation sites is 1. The molecule has 0 spiro atoms. The zero-order chi connectivity index (χ0) is 17.1. The molecule has 4 rings (SSSR count). The minimum absolute atomic E-state index is 0.103. The molecule has 120 valence electrons. The Kier molecular flexibility index (Phi) is 4.01. The molecule has 1 N–H and O–H groups in total. The number of carbonyl (C=O) groups is 1. The van der Waals surface area contributed by atoms with E-state index in [2.05, 4.69) is 35.6 Å². The molecule has 0 fully saturated rings. The molecule has 4 aromatic carbocycles. The highest BCUT2D eigenvalue weighted by atomic mass is 16.1. The maximum atomic E-state index is 12.5. The molecule has 0 heterocycles. The average Bonchev–Trinajstić information content (AvgIpc) is 2.68. The lowest BCUT2D eigenvalue weighted by atomic mass is 9.99. The molecule has 0 saturated carbocycles. The van der Waals surface area contributed by atoms with Crippen molar-refractivity contribution in [3.05, 3.63) is 103 Å². The molecule has 2 nitrogen and oxygen atoms in total. The molecular weight excluding hydrogens is 306 g/mol. The summed E-state index contributed by atoms with van der Waals surface area (Å²) in [7, 11) is 0. The number of fused-ring (bicyclic) bond motifs is 1. The van der Waals surface area contributed by atoms with Crippen LogP contribution in [0.4, 0.5) is 5.69 Å². The van der Waals surface area contributed by atoms with Gasteiger partial charge in [-0.2, -0.15) is 0 Å². The Bertz CT molecular complexity index is 1040. The smallest absolute Gasteiger partial charge is 0.255 e. The number of benzene rings is 4. The fourth-order valence-electron chi connectivity index (χ4n) is 2.93.